The average Bonchev–Trinajstić information content (AvgIpc) is 2.22. The lowest BCUT2D eigenvalue weighted by atomic mass is 10.1. The summed E-state index contributed by atoms with van der Waals surface area (Å²) in [5.41, 5.74) is 4.01. The van der Waals surface area contributed by atoms with Gasteiger partial charge in [-0.25, -0.2) is 0 Å². The van der Waals surface area contributed by atoms with Crippen LogP contribution in [0.25, 0.3) is 0 Å². The van der Waals surface area contributed by atoms with Crippen LogP contribution in [0.4, 0.5) is 5.69 Å². The van der Waals surface area contributed by atoms with Crippen LogP contribution in [-0.4, -0.2) is 26.7 Å². The maximum atomic E-state index is 3.34. The predicted octanol–water partition coefficient (Wildman–Crippen LogP) is 2.35. The SMILES string of the molecule is CCNCCN(C)c1cc(C)ccc1C. The summed E-state index contributed by atoms with van der Waals surface area (Å²) in [6, 6.07) is 6.60. The summed E-state index contributed by atoms with van der Waals surface area (Å²) in [5.74, 6) is 0. The zero-order valence-corrected chi connectivity index (χ0v) is 10.3. The molecule has 1 aromatic carbocycles. The van der Waals surface area contributed by atoms with Crippen molar-refractivity contribution in [1.82, 2.24) is 5.32 Å². The highest BCUT2D eigenvalue weighted by Crippen LogP contribution is 2.19. The number of anilines is 1. The van der Waals surface area contributed by atoms with E-state index in [1.807, 2.05) is 0 Å². The van der Waals surface area contributed by atoms with Crippen molar-refractivity contribution in [1.29, 1.82) is 0 Å². The molecule has 0 unspecified atom stereocenters. The van der Waals surface area contributed by atoms with E-state index in [4.69, 9.17) is 0 Å². The molecule has 0 fully saturated rings. The molecule has 0 saturated carbocycles. The second-order valence-electron chi connectivity index (χ2n) is 4.07. The van der Waals surface area contributed by atoms with Crippen LogP contribution >= 0.6 is 0 Å². The summed E-state index contributed by atoms with van der Waals surface area (Å²) in [7, 11) is 2.15. The average molecular weight is 206 g/mol. The molecule has 0 aliphatic rings. The predicted molar refractivity (Wildman–Crippen MR) is 67.7 cm³/mol. The van der Waals surface area contributed by atoms with Gasteiger partial charge in [-0.1, -0.05) is 19.1 Å². The Morgan fingerprint density at radius 1 is 1.27 bits per heavy atom. The van der Waals surface area contributed by atoms with E-state index >= 15 is 0 Å². The van der Waals surface area contributed by atoms with E-state index in [1.54, 1.807) is 0 Å². The quantitative estimate of drug-likeness (QED) is 0.744. The number of nitrogens with one attached hydrogen (secondary N) is 1. The molecule has 0 aliphatic heterocycles. The summed E-state index contributed by atoms with van der Waals surface area (Å²) in [6.45, 7) is 9.58. The molecular formula is C13H22N2. The number of aryl methyl sites for hydroxylation is 2. The smallest absolute Gasteiger partial charge is 0.0396 e. The fourth-order valence-corrected chi connectivity index (χ4v) is 1.67. The largest absolute Gasteiger partial charge is 0.373 e. The fourth-order valence-electron chi connectivity index (χ4n) is 1.67. The maximum absolute atomic E-state index is 3.34. The first kappa shape index (κ1) is 12.1. The lowest BCUT2D eigenvalue weighted by molar-refractivity contribution is 0.705. The number of nitrogens with zero attached hydrogens (tertiary/aromatic N) is 1. The molecule has 0 bridgehead atoms. The number of hydrogen-bond donors (Lipinski definition) is 1. The summed E-state index contributed by atoms with van der Waals surface area (Å²) in [5, 5.41) is 3.34. The fraction of sp³-hybridized carbons (Fsp3) is 0.538. The Bertz CT molecular complexity index is 307. The molecule has 0 amide bonds. The normalized spacial score (nSPS) is 10.4. The molecule has 0 heterocycles. The lowest BCUT2D eigenvalue weighted by Gasteiger charge is -2.22. The third-order valence-corrected chi connectivity index (χ3v) is 2.65. The highest BCUT2D eigenvalue weighted by molar-refractivity contribution is 5.54. The van der Waals surface area contributed by atoms with Gasteiger partial charge in [0, 0.05) is 25.8 Å². The van der Waals surface area contributed by atoms with Crippen LogP contribution < -0.4 is 10.2 Å². The Kier molecular flexibility index (Phi) is 4.63. The summed E-state index contributed by atoms with van der Waals surface area (Å²) in [6.07, 6.45) is 0. The van der Waals surface area contributed by atoms with Gasteiger partial charge in [0.2, 0.25) is 0 Å². The third-order valence-electron chi connectivity index (χ3n) is 2.65. The number of hydrogen-bond acceptors (Lipinski definition) is 2. The minimum atomic E-state index is 1.04. The zero-order chi connectivity index (χ0) is 11.3. The lowest BCUT2D eigenvalue weighted by Crippen LogP contribution is -2.29. The second-order valence-corrected chi connectivity index (χ2v) is 4.07. The van der Waals surface area contributed by atoms with E-state index in [9.17, 15) is 0 Å². The van der Waals surface area contributed by atoms with Gasteiger partial charge in [0.15, 0.2) is 0 Å². The van der Waals surface area contributed by atoms with Crippen LogP contribution in [0.3, 0.4) is 0 Å². The molecule has 0 aromatic heterocycles. The topological polar surface area (TPSA) is 15.3 Å². The molecule has 0 aliphatic carbocycles. The molecule has 1 rings (SSSR count). The Balaban J connectivity index is 2.64. The van der Waals surface area contributed by atoms with Gasteiger partial charge in [0.05, 0.1) is 0 Å². The van der Waals surface area contributed by atoms with E-state index in [2.05, 4.69) is 56.2 Å². The monoisotopic (exact) mass is 206 g/mol. The molecule has 84 valence electrons. The summed E-state index contributed by atoms with van der Waals surface area (Å²) >= 11 is 0. The van der Waals surface area contributed by atoms with E-state index in [-0.39, 0.29) is 0 Å². The molecular weight excluding hydrogens is 184 g/mol. The number of rotatable bonds is 5. The van der Waals surface area contributed by atoms with Gasteiger partial charge in [-0.2, -0.15) is 0 Å². The van der Waals surface area contributed by atoms with Crippen molar-refractivity contribution in [2.75, 3.05) is 31.6 Å². The maximum Gasteiger partial charge on any atom is 0.0396 e. The van der Waals surface area contributed by atoms with Gasteiger partial charge in [-0.05, 0) is 37.6 Å². The summed E-state index contributed by atoms with van der Waals surface area (Å²) in [4.78, 5) is 2.31. The highest BCUT2D eigenvalue weighted by Gasteiger charge is 2.03. The molecule has 15 heavy (non-hydrogen) atoms. The first-order chi connectivity index (χ1) is 7.15. The highest BCUT2D eigenvalue weighted by atomic mass is 15.1. The Morgan fingerprint density at radius 3 is 2.67 bits per heavy atom. The minimum absolute atomic E-state index is 1.04. The summed E-state index contributed by atoms with van der Waals surface area (Å²) < 4.78 is 0. The van der Waals surface area contributed by atoms with Gasteiger partial charge in [-0.3, -0.25) is 0 Å². The third kappa shape index (κ3) is 3.56. The molecule has 1 aromatic rings. The van der Waals surface area contributed by atoms with Crippen molar-refractivity contribution < 1.29 is 0 Å². The van der Waals surface area contributed by atoms with Crippen LogP contribution in [0.5, 0.6) is 0 Å². The van der Waals surface area contributed by atoms with Crippen molar-refractivity contribution in [2.45, 2.75) is 20.8 Å². The van der Waals surface area contributed by atoms with Gasteiger partial charge < -0.3 is 10.2 Å². The molecule has 0 spiro atoms. The molecule has 0 atom stereocenters. The first-order valence-electron chi connectivity index (χ1n) is 5.64. The molecule has 2 heteroatoms. The van der Waals surface area contributed by atoms with Crippen LogP contribution in [0.1, 0.15) is 18.1 Å². The Morgan fingerprint density at radius 2 is 2.00 bits per heavy atom. The molecule has 0 saturated heterocycles. The van der Waals surface area contributed by atoms with Gasteiger partial charge >= 0.3 is 0 Å². The first-order valence-corrected chi connectivity index (χ1v) is 5.64. The van der Waals surface area contributed by atoms with E-state index < -0.39 is 0 Å². The van der Waals surface area contributed by atoms with Gasteiger partial charge in [0.1, 0.15) is 0 Å². The van der Waals surface area contributed by atoms with Crippen molar-refractivity contribution in [3.05, 3.63) is 29.3 Å². The van der Waals surface area contributed by atoms with Crippen molar-refractivity contribution in [3.63, 3.8) is 0 Å². The van der Waals surface area contributed by atoms with E-state index in [1.165, 1.54) is 16.8 Å². The number of likely N-dealkylation sites (N-methyl/N-ethyl adjacent to an activating group) is 2. The minimum Gasteiger partial charge on any atom is -0.373 e. The van der Waals surface area contributed by atoms with Crippen LogP contribution in [0.2, 0.25) is 0 Å². The van der Waals surface area contributed by atoms with Crippen molar-refractivity contribution in [3.8, 4) is 0 Å². The van der Waals surface area contributed by atoms with Crippen LogP contribution in [-0.2, 0) is 0 Å². The van der Waals surface area contributed by atoms with Crippen LogP contribution in [0.15, 0.2) is 18.2 Å². The van der Waals surface area contributed by atoms with Gasteiger partial charge in [0.25, 0.3) is 0 Å². The molecule has 0 radical (unpaired) electrons. The van der Waals surface area contributed by atoms with E-state index in [0.717, 1.165) is 19.6 Å². The molecule has 2 nitrogen and oxygen atoms in total. The van der Waals surface area contributed by atoms with Crippen molar-refractivity contribution >= 4 is 5.69 Å². The van der Waals surface area contributed by atoms with Gasteiger partial charge in [-0.15, -0.1) is 0 Å². The standard InChI is InChI=1S/C13H22N2/c1-5-14-8-9-15(4)13-10-11(2)6-7-12(13)3/h6-7,10,14H,5,8-9H2,1-4H3. The number of benzene rings is 1. The zero-order valence-electron chi connectivity index (χ0n) is 10.3. The second kappa shape index (κ2) is 5.76. The Labute approximate surface area is 93.3 Å². The van der Waals surface area contributed by atoms with Crippen molar-refractivity contribution in [2.24, 2.45) is 0 Å². The van der Waals surface area contributed by atoms with Crippen LogP contribution in [0, 0.1) is 13.8 Å². The van der Waals surface area contributed by atoms with E-state index in [0.29, 0.717) is 0 Å². The molecule has 1 N–H and O–H groups in total. The Hall–Kier alpha value is -1.02.